The lowest BCUT2D eigenvalue weighted by Crippen LogP contribution is -2.50. The first-order chi connectivity index (χ1) is 13.8. The zero-order valence-electron chi connectivity index (χ0n) is 14.8. The first kappa shape index (κ1) is 19.7. The van der Waals surface area contributed by atoms with E-state index in [-0.39, 0.29) is 17.1 Å². The van der Waals surface area contributed by atoms with Crippen LogP contribution in [-0.4, -0.2) is 34.8 Å². The van der Waals surface area contributed by atoms with Crippen LogP contribution < -0.4 is 10.2 Å². The Bertz CT molecular complexity index is 1050. The number of aromatic nitrogens is 1. The smallest absolute Gasteiger partial charge is 0.324 e. The van der Waals surface area contributed by atoms with E-state index in [1.165, 1.54) is 29.5 Å². The van der Waals surface area contributed by atoms with Crippen LogP contribution in [0.5, 0.6) is 0 Å². The molecule has 1 aromatic heterocycles. The number of para-hydroxylation sites is 3. The quantitative estimate of drug-likeness (QED) is 0.604. The number of carbonyl (C=O) groups is 2. The van der Waals surface area contributed by atoms with Crippen molar-refractivity contribution in [3.05, 3.63) is 48.5 Å². The summed E-state index contributed by atoms with van der Waals surface area (Å²) in [6, 6.07) is 11.2. The molecule has 0 spiro atoms. The summed E-state index contributed by atoms with van der Waals surface area (Å²) in [7, 11) is 0. The summed E-state index contributed by atoms with van der Waals surface area (Å²) in [4.78, 5) is 30.0. The van der Waals surface area contributed by atoms with Gasteiger partial charge in [-0.05, 0) is 24.3 Å². The van der Waals surface area contributed by atoms with Crippen molar-refractivity contribution in [2.45, 2.75) is 23.0 Å². The zero-order valence-corrected chi connectivity index (χ0v) is 16.4. The SMILES string of the molecule is O=C1CC(C(F)(F)F)N(C(=O)CSc2nc3ccccc3s2)c2ccccc2N1. The van der Waals surface area contributed by atoms with E-state index in [9.17, 15) is 22.8 Å². The summed E-state index contributed by atoms with van der Waals surface area (Å²) in [5.41, 5.74) is 0.994. The number of nitrogens with zero attached hydrogens (tertiary/aromatic N) is 2. The van der Waals surface area contributed by atoms with E-state index < -0.39 is 30.5 Å². The number of halogens is 3. The second-order valence-corrected chi connectivity index (χ2v) is 8.58. The van der Waals surface area contributed by atoms with E-state index in [4.69, 9.17) is 0 Å². The van der Waals surface area contributed by atoms with Gasteiger partial charge >= 0.3 is 6.18 Å². The van der Waals surface area contributed by atoms with Crippen molar-refractivity contribution in [1.82, 2.24) is 4.98 Å². The van der Waals surface area contributed by atoms with Crippen LogP contribution >= 0.6 is 23.1 Å². The van der Waals surface area contributed by atoms with E-state index in [0.29, 0.717) is 9.24 Å². The normalized spacial score (nSPS) is 17.0. The van der Waals surface area contributed by atoms with Crippen molar-refractivity contribution in [2.24, 2.45) is 0 Å². The van der Waals surface area contributed by atoms with Gasteiger partial charge < -0.3 is 5.32 Å². The molecule has 5 nitrogen and oxygen atoms in total. The van der Waals surface area contributed by atoms with Gasteiger partial charge in [-0.2, -0.15) is 13.2 Å². The maximum Gasteiger partial charge on any atom is 0.409 e. The third kappa shape index (κ3) is 4.08. The lowest BCUT2D eigenvalue weighted by molar-refractivity contribution is -0.157. The van der Waals surface area contributed by atoms with Crippen molar-refractivity contribution in [1.29, 1.82) is 0 Å². The van der Waals surface area contributed by atoms with Gasteiger partial charge in [0.1, 0.15) is 6.04 Å². The monoisotopic (exact) mass is 437 g/mol. The van der Waals surface area contributed by atoms with Gasteiger partial charge in [0.05, 0.1) is 33.8 Å². The minimum absolute atomic E-state index is 0.0376. The molecule has 4 rings (SSSR count). The number of fused-ring (bicyclic) bond motifs is 2. The summed E-state index contributed by atoms with van der Waals surface area (Å²) in [5, 5.41) is 2.45. The molecule has 29 heavy (non-hydrogen) atoms. The van der Waals surface area contributed by atoms with E-state index in [2.05, 4.69) is 10.3 Å². The molecular weight excluding hydrogens is 423 g/mol. The van der Waals surface area contributed by atoms with Crippen molar-refractivity contribution < 1.29 is 22.8 Å². The van der Waals surface area contributed by atoms with Crippen LogP contribution in [0.15, 0.2) is 52.9 Å². The Morgan fingerprint density at radius 3 is 2.69 bits per heavy atom. The highest BCUT2D eigenvalue weighted by Crippen LogP contribution is 2.38. The van der Waals surface area contributed by atoms with Gasteiger partial charge in [-0.15, -0.1) is 11.3 Å². The molecule has 3 aromatic rings. The number of nitrogens with one attached hydrogen (secondary N) is 1. The zero-order chi connectivity index (χ0) is 20.6. The van der Waals surface area contributed by atoms with Gasteiger partial charge in [-0.3, -0.25) is 14.5 Å². The maximum absolute atomic E-state index is 13.7. The maximum atomic E-state index is 13.7. The number of alkyl halides is 3. The fourth-order valence-corrected chi connectivity index (χ4v) is 5.03. The Kier molecular flexibility index (Phi) is 5.22. The van der Waals surface area contributed by atoms with Gasteiger partial charge in [0, 0.05) is 0 Å². The van der Waals surface area contributed by atoms with Crippen molar-refractivity contribution in [2.75, 3.05) is 16.0 Å². The van der Waals surface area contributed by atoms with E-state index in [1.807, 2.05) is 24.3 Å². The molecule has 0 saturated carbocycles. The minimum Gasteiger partial charge on any atom is -0.324 e. The van der Waals surface area contributed by atoms with Crippen LogP contribution in [0.3, 0.4) is 0 Å². The number of carbonyl (C=O) groups excluding carboxylic acids is 2. The number of amides is 2. The second kappa shape index (κ2) is 7.68. The van der Waals surface area contributed by atoms with E-state index >= 15 is 0 Å². The molecule has 150 valence electrons. The molecule has 0 saturated heterocycles. The molecule has 0 fully saturated rings. The summed E-state index contributed by atoms with van der Waals surface area (Å²) in [6.07, 6.45) is -5.60. The minimum atomic E-state index is -4.75. The third-order valence-corrected chi connectivity index (χ3v) is 6.53. The van der Waals surface area contributed by atoms with Crippen molar-refractivity contribution in [3.8, 4) is 0 Å². The average molecular weight is 437 g/mol. The van der Waals surface area contributed by atoms with Crippen LogP contribution in [0.25, 0.3) is 10.2 Å². The van der Waals surface area contributed by atoms with Crippen LogP contribution in [0, 0.1) is 0 Å². The number of hydrogen-bond donors (Lipinski definition) is 1. The van der Waals surface area contributed by atoms with Crippen LogP contribution in [0.4, 0.5) is 24.5 Å². The molecule has 2 heterocycles. The predicted molar refractivity (Wildman–Crippen MR) is 107 cm³/mol. The molecule has 1 N–H and O–H groups in total. The summed E-state index contributed by atoms with van der Waals surface area (Å²) in [5.74, 6) is -1.75. The molecule has 1 unspecified atom stereocenters. The first-order valence-electron chi connectivity index (χ1n) is 8.59. The number of thioether (sulfide) groups is 1. The molecule has 1 atom stereocenters. The first-order valence-corrected chi connectivity index (χ1v) is 10.4. The second-order valence-electron chi connectivity index (χ2n) is 6.33. The fourth-order valence-electron chi connectivity index (χ4n) is 3.10. The molecular formula is C19H14F3N3O2S2. The average Bonchev–Trinajstić information content (AvgIpc) is 3.02. The highest BCUT2D eigenvalue weighted by molar-refractivity contribution is 8.01. The molecule has 10 heteroatoms. The summed E-state index contributed by atoms with van der Waals surface area (Å²) < 4.78 is 42.7. The summed E-state index contributed by atoms with van der Waals surface area (Å²) >= 11 is 2.46. The number of anilines is 2. The summed E-state index contributed by atoms with van der Waals surface area (Å²) in [6.45, 7) is 0. The van der Waals surface area contributed by atoms with Gasteiger partial charge in [-0.25, -0.2) is 4.98 Å². The highest BCUT2D eigenvalue weighted by atomic mass is 32.2. The lowest BCUT2D eigenvalue weighted by atomic mass is 10.1. The molecule has 2 aromatic carbocycles. The van der Waals surface area contributed by atoms with E-state index in [0.717, 1.165) is 22.0 Å². The third-order valence-electron chi connectivity index (χ3n) is 4.37. The largest absolute Gasteiger partial charge is 0.409 e. The molecule has 0 aliphatic carbocycles. The Hall–Kier alpha value is -2.59. The molecule has 1 aliphatic heterocycles. The Morgan fingerprint density at radius 2 is 1.93 bits per heavy atom. The lowest BCUT2D eigenvalue weighted by Gasteiger charge is -2.31. The molecule has 0 radical (unpaired) electrons. The standard InChI is InChI=1S/C19H14F3N3O2S2/c20-19(21,22)15-9-16(26)23-11-5-1-3-7-13(11)25(15)17(27)10-28-18-24-12-6-2-4-8-14(12)29-18/h1-8,15H,9-10H2,(H,23,26). The van der Waals surface area contributed by atoms with E-state index in [1.54, 1.807) is 6.07 Å². The number of rotatable bonds is 3. The van der Waals surface area contributed by atoms with Crippen molar-refractivity contribution in [3.63, 3.8) is 0 Å². The highest BCUT2D eigenvalue weighted by Gasteiger charge is 2.48. The molecule has 2 amide bonds. The Balaban J connectivity index is 1.63. The van der Waals surface area contributed by atoms with Gasteiger partial charge in [-0.1, -0.05) is 36.0 Å². The van der Waals surface area contributed by atoms with Crippen LogP contribution in [0.2, 0.25) is 0 Å². The van der Waals surface area contributed by atoms with Gasteiger partial charge in [0.25, 0.3) is 0 Å². The Morgan fingerprint density at radius 1 is 1.21 bits per heavy atom. The van der Waals surface area contributed by atoms with Gasteiger partial charge in [0.15, 0.2) is 4.34 Å². The Labute approximate surface area is 171 Å². The number of benzene rings is 2. The van der Waals surface area contributed by atoms with Crippen molar-refractivity contribution >= 4 is 56.5 Å². The van der Waals surface area contributed by atoms with Gasteiger partial charge in [0.2, 0.25) is 11.8 Å². The number of hydrogen-bond acceptors (Lipinski definition) is 5. The van der Waals surface area contributed by atoms with Crippen LogP contribution in [-0.2, 0) is 9.59 Å². The molecule has 0 bridgehead atoms. The topological polar surface area (TPSA) is 62.3 Å². The number of thiazole rings is 1. The molecule has 1 aliphatic rings. The fraction of sp³-hybridized carbons (Fsp3) is 0.211. The van der Waals surface area contributed by atoms with Crippen LogP contribution in [0.1, 0.15) is 6.42 Å². The predicted octanol–water partition coefficient (Wildman–Crippen LogP) is 4.69.